The molecule has 0 unspecified atom stereocenters. The fraction of sp³-hybridized carbons (Fsp3) is 0.263. The summed E-state index contributed by atoms with van der Waals surface area (Å²) >= 11 is 5.80. The fourth-order valence-electron chi connectivity index (χ4n) is 2.82. The highest BCUT2D eigenvalue weighted by Gasteiger charge is 2.19. The number of carbonyl (C=O) groups excluding carboxylic acids is 1. The van der Waals surface area contributed by atoms with Gasteiger partial charge < -0.3 is 10.0 Å². The van der Waals surface area contributed by atoms with E-state index in [1.54, 1.807) is 36.4 Å². The van der Waals surface area contributed by atoms with E-state index in [4.69, 9.17) is 16.7 Å². The number of hydrogen-bond acceptors (Lipinski definition) is 5. The normalized spacial score (nSPS) is 15.2. The quantitative estimate of drug-likeness (QED) is 0.795. The lowest BCUT2D eigenvalue weighted by Gasteiger charge is -2.35. The predicted octanol–water partition coefficient (Wildman–Crippen LogP) is 3.47. The molecule has 1 saturated heterocycles. The standard InChI is InChI=1S/C19H19ClN4O3/c20-15-3-5-16(6-4-15)21-22-18(25)13-23-9-11-24(12-10-23)17-7-1-14(2-8-17)19(26)27/h1-8H,9-13H2,(H,26,27). The number of hydrogen-bond donors (Lipinski definition) is 1. The molecule has 140 valence electrons. The second-order valence-electron chi connectivity index (χ2n) is 6.19. The molecule has 0 saturated carbocycles. The molecule has 1 fully saturated rings. The van der Waals surface area contributed by atoms with Crippen LogP contribution in [-0.4, -0.2) is 54.6 Å². The van der Waals surface area contributed by atoms with Crippen LogP contribution in [0.1, 0.15) is 10.4 Å². The number of halogens is 1. The minimum atomic E-state index is -0.933. The zero-order chi connectivity index (χ0) is 19.2. The Morgan fingerprint density at radius 1 is 0.963 bits per heavy atom. The van der Waals surface area contributed by atoms with Crippen molar-refractivity contribution in [2.75, 3.05) is 37.6 Å². The summed E-state index contributed by atoms with van der Waals surface area (Å²) in [6, 6.07) is 13.6. The fourth-order valence-corrected chi connectivity index (χ4v) is 2.95. The van der Waals surface area contributed by atoms with Crippen molar-refractivity contribution < 1.29 is 14.7 Å². The number of piperazine rings is 1. The van der Waals surface area contributed by atoms with Gasteiger partial charge in [0.25, 0.3) is 5.91 Å². The summed E-state index contributed by atoms with van der Waals surface area (Å²) < 4.78 is 0. The van der Waals surface area contributed by atoms with Gasteiger partial charge in [0, 0.05) is 36.9 Å². The van der Waals surface area contributed by atoms with Crippen molar-refractivity contribution in [3.05, 3.63) is 59.1 Å². The maximum absolute atomic E-state index is 12.0. The van der Waals surface area contributed by atoms with Crippen molar-refractivity contribution in [1.29, 1.82) is 0 Å². The van der Waals surface area contributed by atoms with E-state index in [-0.39, 0.29) is 18.0 Å². The largest absolute Gasteiger partial charge is 0.478 e. The minimum absolute atomic E-state index is 0.225. The summed E-state index contributed by atoms with van der Waals surface area (Å²) in [6.45, 7) is 3.19. The number of carboxylic acid groups (broad SMARTS) is 1. The Kier molecular flexibility index (Phi) is 6.16. The third kappa shape index (κ3) is 5.35. The van der Waals surface area contributed by atoms with E-state index in [9.17, 15) is 9.59 Å². The smallest absolute Gasteiger partial charge is 0.335 e. The van der Waals surface area contributed by atoms with Crippen LogP contribution >= 0.6 is 11.6 Å². The highest BCUT2D eigenvalue weighted by atomic mass is 35.5. The van der Waals surface area contributed by atoms with Crippen LogP contribution in [0.2, 0.25) is 5.02 Å². The number of azo groups is 1. The highest BCUT2D eigenvalue weighted by Crippen LogP contribution is 2.18. The average molecular weight is 387 g/mol. The van der Waals surface area contributed by atoms with Crippen LogP contribution in [0.5, 0.6) is 0 Å². The topological polar surface area (TPSA) is 85.6 Å². The van der Waals surface area contributed by atoms with E-state index >= 15 is 0 Å². The molecule has 3 rings (SSSR count). The van der Waals surface area contributed by atoms with Crippen molar-refractivity contribution in [1.82, 2.24) is 4.90 Å². The maximum atomic E-state index is 12.0. The summed E-state index contributed by atoms with van der Waals surface area (Å²) in [4.78, 5) is 27.1. The van der Waals surface area contributed by atoms with E-state index in [0.29, 0.717) is 10.7 Å². The van der Waals surface area contributed by atoms with Crippen LogP contribution in [0.4, 0.5) is 11.4 Å². The second kappa shape index (κ2) is 8.75. The van der Waals surface area contributed by atoms with Crippen molar-refractivity contribution in [3.8, 4) is 0 Å². The maximum Gasteiger partial charge on any atom is 0.335 e. The molecule has 0 aliphatic carbocycles. The van der Waals surface area contributed by atoms with Gasteiger partial charge in [0.1, 0.15) is 0 Å². The zero-order valence-electron chi connectivity index (χ0n) is 14.6. The van der Waals surface area contributed by atoms with E-state index in [0.717, 1.165) is 31.9 Å². The number of aromatic carboxylic acids is 1. The number of carboxylic acids is 1. The molecule has 1 aliphatic heterocycles. The number of anilines is 1. The van der Waals surface area contributed by atoms with E-state index < -0.39 is 5.97 Å². The van der Waals surface area contributed by atoms with Crippen LogP contribution < -0.4 is 4.90 Å². The number of rotatable bonds is 5. The molecule has 2 aromatic carbocycles. The van der Waals surface area contributed by atoms with Gasteiger partial charge in [0.2, 0.25) is 0 Å². The number of benzene rings is 2. The lowest BCUT2D eigenvalue weighted by molar-refractivity contribution is -0.119. The summed E-state index contributed by atoms with van der Waals surface area (Å²) in [7, 11) is 0. The first-order valence-corrected chi connectivity index (χ1v) is 8.90. The predicted molar refractivity (Wildman–Crippen MR) is 103 cm³/mol. The Balaban J connectivity index is 1.48. The molecular formula is C19H19ClN4O3. The molecule has 7 nitrogen and oxygen atoms in total. The monoisotopic (exact) mass is 386 g/mol. The Morgan fingerprint density at radius 3 is 2.19 bits per heavy atom. The first-order valence-electron chi connectivity index (χ1n) is 8.52. The molecule has 1 heterocycles. The van der Waals surface area contributed by atoms with Crippen molar-refractivity contribution >= 4 is 34.9 Å². The third-order valence-electron chi connectivity index (χ3n) is 4.31. The summed E-state index contributed by atoms with van der Waals surface area (Å²) in [5.41, 5.74) is 1.84. The lowest BCUT2D eigenvalue weighted by Crippen LogP contribution is -2.47. The van der Waals surface area contributed by atoms with Crippen LogP contribution in [0.3, 0.4) is 0 Å². The van der Waals surface area contributed by atoms with Gasteiger partial charge in [0.05, 0.1) is 17.8 Å². The van der Waals surface area contributed by atoms with Gasteiger partial charge in [-0.25, -0.2) is 4.79 Å². The Bertz CT molecular complexity index is 829. The zero-order valence-corrected chi connectivity index (χ0v) is 15.3. The van der Waals surface area contributed by atoms with Crippen LogP contribution in [0.15, 0.2) is 58.8 Å². The van der Waals surface area contributed by atoms with E-state index in [1.807, 2.05) is 17.0 Å². The first kappa shape index (κ1) is 19.0. The van der Waals surface area contributed by atoms with Crippen molar-refractivity contribution in [3.63, 3.8) is 0 Å². The summed E-state index contributed by atoms with van der Waals surface area (Å²) in [5, 5.41) is 17.2. The number of carbonyl (C=O) groups is 2. The summed E-state index contributed by atoms with van der Waals surface area (Å²) in [5.74, 6) is -1.22. The van der Waals surface area contributed by atoms with Crippen molar-refractivity contribution in [2.24, 2.45) is 10.2 Å². The van der Waals surface area contributed by atoms with Gasteiger partial charge in [-0.05, 0) is 48.5 Å². The minimum Gasteiger partial charge on any atom is -0.478 e. The van der Waals surface area contributed by atoms with E-state index in [1.165, 1.54) is 0 Å². The molecule has 0 spiro atoms. The SMILES string of the molecule is O=C(CN1CCN(c2ccc(C(=O)O)cc2)CC1)N=Nc1ccc(Cl)cc1. The molecule has 1 aliphatic rings. The van der Waals surface area contributed by atoms with Gasteiger partial charge in [-0.2, -0.15) is 0 Å². The molecule has 2 aromatic rings. The molecule has 1 amide bonds. The third-order valence-corrected chi connectivity index (χ3v) is 4.57. The molecule has 1 N–H and O–H groups in total. The molecule has 27 heavy (non-hydrogen) atoms. The molecule has 0 atom stereocenters. The molecule has 8 heteroatoms. The molecule has 0 bridgehead atoms. The van der Waals surface area contributed by atoms with E-state index in [2.05, 4.69) is 15.1 Å². The molecular weight excluding hydrogens is 368 g/mol. The molecule has 0 radical (unpaired) electrons. The van der Waals surface area contributed by atoms with Crippen molar-refractivity contribution in [2.45, 2.75) is 0 Å². The van der Waals surface area contributed by atoms with Crippen LogP contribution in [0, 0.1) is 0 Å². The molecule has 0 aromatic heterocycles. The second-order valence-corrected chi connectivity index (χ2v) is 6.62. The van der Waals surface area contributed by atoms with Gasteiger partial charge in [-0.15, -0.1) is 10.2 Å². The van der Waals surface area contributed by atoms with Crippen LogP contribution in [0.25, 0.3) is 0 Å². The highest BCUT2D eigenvalue weighted by molar-refractivity contribution is 6.30. The number of nitrogens with zero attached hydrogens (tertiary/aromatic N) is 4. The lowest BCUT2D eigenvalue weighted by atomic mass is 10.2. The van der Waals surface area contributed by atoms with Crippen LogP contribution in [-0.2, 0) is 4.79 Å². The number of amides is 1. The Labute approximate surface area is 161 Å². The first-order chi connectivity index (χ1) is 13.0. The van der Waals surface area contributed by atoms with Gasteiger partial charge >= 0.3 is 5.97 Å². The summed E-state index contributed by atoms with van der Waals surface area (Å²) in [6.07, 6.45) is 0. The van der Waals surface area contributed by atoms with Gasteiger partial charge in [-0.1, -0.05) is 11.6 Å². The Morgan fingerprint density at radius 2 is 1.59 bits per heavy atom. The Hall–Kier alpha value is -2.77. The van der Waals surface area contributed by atoms with Gasteiger partial charge in [0.15, 0.2) is 0 Å². The average Bonchev–Trinajstić information content (AvgIpc) is 2.68. The van der Waals surface area contributed by atoms with Gasteiger partial charge in [-0.3, -0.25) is 9.69 Å².